The van der Waals surface area contributed by atoms with Gasteiger partial charge in [0.1, 0.15) is 11.9 Å². The van der Waals surface area contributed by atoms with Crippen LogP contribution in [0.1, 0.15) is 22.0 Å². The molecule has 4 N–H and O–H groups in total. The van der Waals surface area contributed by atoms with Gasteiger partial charge in [0.2, 0.25) is 5.91 Å². The first-order valence-corrected chi connectivity index (χ1v) is 4.38. The first-order chi connectivity index (χ1) is 7.49. The summed E-state index contributed by atoms with van der Waals surface area (Å²) < 4.78 is 13.1. The minimum atomic E-state index is -1.89. The zero-order chi connectivity index (χ0) is 12.3. The maximum Gasteiger partial charge on any atom is 0.249 e. The van der Waals surface area contributed by atoms with Gasteiger partial charge in [0.25, 0.3) is 0 Å². The van der Waals surface area contributed by atoms with E-state index >= 15 is 0 Å². The number of hydrogen-bond donors (Lipinski definition) is 3. The molecular formula is C10H10FNO4. The first-order valence-electron chi connectivity index (χ1n) is 4.38. The van der Waals surface area contributed by atoms with E-state index in [1.165, 1.54) is 12.1 Å². The van der Waals surface area contributed by atoms with Crippen molar-refractivity contribution < 1.29 is 24.2 Å². The van der Waals surface area contributed by atoms with E-state index in [-0.39, 0.29) is 11.8 Å². The number of benzene rings is 1. The molecule has 0 spiro atoms. The molecular weight excluding hydrogens is 217 g/mol. The molecule has 16 heavy (non-hydrogen) atoms. The third-order valence-corrected chi connectivity index (χ3v) is 2.11. The van der Waals surface area contributed by atoms with Crippen LogP contribution in [-0.2, 0) is 4.79 Å². The minimum absolute atomic E-state index is 0.179. The summed E-state index contributed by atoms with van der Waals surface area (Å²) in [6.07, 6.45) is -3.42. The second-order valence-electron chi connectivity index (χ2n) is 3.15. The number of nitrogens with two attached hydrogens (primary N) is 1. The number of aldehydes is 1. The molecule has 1 aromatic rings. The van der Waals surface area contributed by atoms with Crippen molar-refractivity contribution >= 4 is 12.2 Å². The molecule has 0 saturated heterocycles. The maximum absolute atomic E-state index is 13.1. The Bertz CT molecular complexity index is 421. The van der Waals surface area contributed by atoms with Crippen LogP contribution in [0.5, 0.6) is 0 Å². The number of carbonyl (C=O) groups excluding carboxylic acids is 2. The van der Waals surface area contributed by atoms with Gasteiger partial charge < -0.3 is 15.9 Å². The lowest BCUT2D eigenvalue weighted by Gasteiger charge is -2.16. The van der Waals surface area contributed by atoms with E-state index in [4.69, 9.17) is 5.73 Å². The fourth-order valence-electron chi connectivity index (χ4n) is 1.26. The minimum Gasteiger partial charge on any atom is -0.385 e. The molecule has 0 fully saturated rings. The summed E-state index contributed by atoms with van der Waals surface area (Å²) in [6, 6.07) is 3.49. The Morgan fingerprint density at radius 3 is 2.56 bits per heavy atom. The first kappa shape index (κ1) is 12.3. The van der Waals surface area contributed by atoms with Gasteiger partial charge in [0, 0.05) is 0 Å². The van der Waals surface area contributed by atoms with Crippen molar-refractivity contribution in [2.24, 2.45) is 5.73 Å². The van der Waals surface area contributed by atoms with Crippen LogP contribution in [0.15, 0.2) is 18.2 Å². The lowest BCUT2D eigenvalue weighted by Crippen LogP contribution is -2.34. The zero-order valence-corrected chi connectivity index (χ0v) is 8.13. The lowest BCUT2D eigenvalue weighted by molar-refractivity contribution is -0.132. The van der Waals surface area contributed by atoms with Crippen LogP contribution in [0, 0.1) is 5.82 Å². The van der Waals surface area contributed by atoms with Crippen LogP contribution in [0.25, 0.3) is 0 Å². The molecule has 1 aromatic carbocycles. The predicted molar refractivity (Wildman–Crippen MR) is 51.9 cm³/mol. The van der Waals surface area contributed by atoms with E-state index in [0.717, 1.165) is 6.07 Å². The number of halogens is 1. The van der Waals surface area contributed by atoms with Crippen LogP contribution in [0.3, 0.4) is 0 Å². The van der Waals surface area contributed by atoms with Gasteiger partial charge in [-0.2, -0.15) is 0 Å². The Balaban J connectivity index is 3.17. The van der Waals surface area contributed by atoms with Crippen LogP contribution in [0.4, 0.5) is 4.39 Å². The van der Waals surface area contributed by atoms with Gasteiger partial charge in [-0.05, 0) is 11.6 Å². The molecule has 0 aliphatic carbocycles. The second kappa shape index (κ2) is 4.82. The van der Waals surface area contributed by atoms with Gasteiger partial charge in [0.15, 0.2) is 12.4 Å². The van der Waals surface area contributed by atoms with Crippen LogP contribution in [-0.4, -0.2) is 28.5 Å². The highest BCUT2D eigenvalue weighted by Crippen LogP contribution is 2.22. The number of amides is 1. The summed E-state index contributed by atoms with van der Waals surface area (Å²) in [5.41, 5.74) is 4.19. The lowest BCUT2D eigenvalue weighted by atomic mass is 9.98. The summed E-state index contributed by atoms with van der Waals surface area (Å²) in [7, 11) is 0. The van der Waals surface area contributed by atoms with Crippen LogP contribution < -0.4 is 5.73 Å². The quantitative estimate of drug-likeness (QED) is 0.604. The largest absolute Gasteiger partial charge is 0.385 e. The number of primary amides is 1. The third-order valence-electron chi connectivity index (χ3n) is 2.11. The fourth-order valence-corrected chi connectivity index (χ4v) is 1.26. The number of rotatable bonds is 4. The highest BCUT2D eigenvalue weighted by molar-refractivity contribution is 5.82. The molecule has 2 atom stereocenters. The van der Waals surface area contributed by atoms with Crippen molar-refractivity contribution in [3.05, 3.63) is 35.1 Å². The SMILES string of the molecule is NC(=O)C(O)C(O)c1cccc(F)c1C=O. The molecule has 5 nitrogen and oxygen atoms in total. The Hall–Kier alpha value is -1.79. The number of carbonyl (C=O) groups is 2. The summed E-state index contributed by atoms with van der Waals surface area (Å²) in [5.74, 6) is -2.00. The molecule has 0 aliphatic rings. The van der Waals surface area contributed by atoms with Crippen molar-refractivity contribution in [3.8, 4) is 0 Å². The molecule has 0 aromatic heterocycles. The van der Waals surface area contributed by atoms with Crippen molar-refractivity contribution in [2.45, 2.75) is 12.2 Å². The van der Waals surface area contributed by atoms with Crippen molar-refractivity contribution in [2.75, 3.05) is 0 Å². The van der Waals surface area contributed by atoms with Crippen molar-refractivity contribution in [1.82, 2.24) is 0 Å². The molecule has 0 saturated carbocycles. The van der Waals surface area contributed by atoms with E-state index in [0.29, 0.717) is 0 Å². The smallest absolute Gasteiger partial charge is 0.249 e. The molecule has 86 valence electrons. The molecule has 6 heteroatoms. The number of aliphatic hydroxyl groups excluding tert-OH is 2. The van der Waals surface area contributed by atoms with E-state index in [2.05, 4.69) is 0 Å². The topological polar surface area (TPSA) is 101 Å². The van der Waals surface area contributed by atoms with Gasteiger partial charge >= 0.3 is 0 Å². The number of aliphatic hydroxyl groups is 2. The molecule has 0 bridgehead atoms. The zero-order valence-electron chi connectivity index (χ0n) is 8.13. The third kappa shape index (κ3) is 2.23. The standard InChI is InChI=1S/C10H10FNO4/c11-7-3-1-2-5(6(7)4-13)8(14)9(15)10(12)16/h1-4,8-9,14-15H,(H2,12,16). The maximum atomic E-state index is 13.1. The molecule has 0 aliphatic heterocycles. The normalized spacial score (nSPS) is 14.2. The second-order valence-corrected chi connectivity index (χ2v) is 3.15. The average molecular weight is 227 g/mol. The van der Waals surface area contributed by atoms with Crippen molar-refractivity contribution in [3.63, 3.8) is 0 Å². The Labute approximate surface area is 90.3 Å². The predicted octanol–water partition coefficient (Wildman–Crippen LogP) is -0.482. The Kier molecular flexibility index (Phi) is 3.70. The van der Waals surface area contributed by atoms with Gasteiger partial charge in [-0.25, -0.2) is 4.39 Å². The highest BCUT2D eigenvalue weighted by Gasteiger charge is 2.26. The van der Waals surface area contributed by atoms with Gasteiger partial charge in [-0.1, -0.05) is 12.1 Å². The molecule has 1 rings (SSSR count). The average Bonchev–Trinajstić information content (AvgIpc) is 2.26. The Morgan fingerprint density at radius 2 is 2.06 bits per heavy atom. The number of hydrogen-bond acceptors (Lipinski definition) is 4. The summed E-state index contributed by atoms with van der Waals surface area (Å²) >= 11 is 0. The van der Waals surface area contributed by atoms with Gasteiger partial charge in [-0.3, -0.25) is 9.59 Å². The molecule has 0 radical (unpaired) electrons. The summed E-state index contributed by atoms with van der Waals surface area (Å²) in [5, 5.41) is 18.7. The van der Waals surface area contributed by atoms with Crippen LogP contribution >= 0.6 is 0 Å². The highest BCUT2D eigenvalue weighted by atomic mass is 19.1. The van der Waals surface area contributed by atoms with E-state index < -0.39 is 29.5 Å². The molecule has 1 amide bonds. The van der Waals surface area contributed by atoms with Crippen LogP contribution in [0.2, 0.25) is 0 Å². The summed E-state index contributed by atoms with van der Waals surface area (Å²) in [6.45, 7) is 0. The monoisotopic (exact) mass is 227 g/mol. The van der Waals surface area contributed by atoms with Crippen molar-refractivity contribution in [1.29, 1.82) is 0 Å². The van der Waals surface area contributed by atoms with E-state index in [1.54, 1.807) is 0 Å². The van der Waals surface area contributed by atoms with Gasteiger partial charge in [-0.15, -0.1) is 0 Å². The summed E-state index contributed by atoms with van der Waals surface area (Å²) in [4.78, 5) is 21.2. The van der Waals surface area contributed by atoms with E-state index in [9.17, 15) is 24.2 Å². The molecule has 2 unspecified atom stereocenters. The van der Waals surface area contributed by atoms with E-state index in [1.807, 2.05) is 0 Å². The fraction of sp³-hybridized carbons (Fsp3) is 0.200. The Morgan fingerprint density at radius 1 is 1.44 bits per heavy atom. The molecule has 0 heterocycles. The van der Waals surface area contributed by atoms with Gasteiger partial charge in [0.05, 0.1) is 5.56 Å².